The number of imidazole rings is 1. The fraction of sp³-hybridized carbons (Fsp3) is 0.217. The molecule has 6 heteroatoms. The van der Waals surface area contributed by atoms with Crippen molar-refractivity contribution in [2.24, 2.45) is 0 Å². The van der Waals surface area contributed by atoms with Crippen LogP contribution < -0.4 is 5.32 Å². The first kappa shape index (κ1) is 18.8. The molecule has 1 atom stereocenters. The van der Waals surface area contributed by atoms with E-state index in [1.165, 1.54) is 5.56 Å². The number of rotatable bonds is 5. The number of nitrogens with one attached hydrogen (secondary N) is 1. The summed E-state index contributed by atoms with van der Waals surface area (Å²) in [6, 6.07) is 15.8. The molecule has 146 valence electrons. The lowest BCUT2D eigenvalue weighted by Gasteiger charge is -2.17. The van der Waals surface area contributed by atoms with Gasteiger partial charge in [0.15, 0.2) is 11.3 Å². The Morgan fingerprint density at radius 2 is 1.86 bits per heavy atom. The number of fused-ring (bicyclic) bond motifs is 1. The first-order valence-electron chi connectivity index (χ1n) is 9.70. The Kier molecular flexibility index (Phi) is 5.08. The van der Waals surface area contributed by atoms with E-state index in [2.05, 4.69) is 51.5 Å². The molecule has 0 aliphatic carbocycles. The molecule has 0 saturated heterocycles. The lowest BCUT2D eigenvalue weighted by atomic mass is 10.0. The highest BCUT2D eigenvalue weighted by atomic mass is 16.2. The molecule has 1 aromatic carbocycles. The van der Waals surface area contributed by atoms with Gasteiger partial charge in [0.05, 0.1) is 17.4 Å². The van der Waals surface area contributed by atoms with Gasteiger partial charge in [-0.1, -0.05) is 42.8 Å². The van der Waals surface area contributed by atoms with Crippen molar-refractivity contribution in [1.29, 1.82) is 0 Å². The third kappa shape index (κ3) is 3.74. The molecule has 0 bridgehead atoms. The molecule has 1 amide bonds. The number of aryl methyl sites for hydroxylation is 2. The molecule has 4 aromatic rings. The molecule has 1 unspecified atom stereocenters. The van der Waals surface area contributed by atoms with Crippen LogP contribution >= 0.6 is 0 Å². The van der Waals surface area contributed by atoms with Crippen LogP contribution in [0.1, 0.15) is 46.7 Å². The summed E-state index contributed by atoms with van der Waals surface area (Å²) in [5.74, 6) is -0.231. The molecule has 0 saturated carbocycles. The Balaban J connectivity index is 1.68. The summed E-state index contributed by atoms with van der Waals surface area (Å²) in [5, 5.41) is 3.11. The van der Waals surface area contributed by atoms with Crippen LogP contribution in [0.2, 0.25) is 0 Å². The number of amides is 1. The van der Waals surface area contributed by atoms with Crippen LogP contribution in [0.3, 0.4) is 0 Å². The van der Waals surface area contributed by atoms with Gasteiger partial charge in [0.25, 0.3) is 5.91 Å². The van der Waals surface area contributed by atoms with Crippen LogP contribution in [-0.2, 0) is 0 Å². The van der Waals surface area contributed by atoms with Gasteiger partial charge < -0.3 is 5.32 Å². The third-order valence-electron chi connectivity index (χ3n) is 5.03. The van der Waals surface area contributed by atoms with Gasteiger partial charge in [-0.25, -0.2) is 9.97 Å². The standard InChI is InChI=1S/C23H23N5O/c1-4-18(17-10-8-15(2)9-11-17)27-23(29)21-22-26-20(19-7-5-6-12-24-19)13-16(3)28(22)14-25-21/h5-14,18H,4H2,1-3H3,(H,27,29). The van der Waals surface area contributed by atoms with E-state index in [1.54, 1.807) is 12.5 Å². The van der Waals surface area contributed by atoms with Gasteiger partial charge in [0.2, 0.25) is 0 Å². The second kappa shape index (κ2) is 7.83. The summed E-state index contributed by atoms with van der Waals surface area (Å²) in [6.07, 6.45) is 4.15. The molecule has 0 spiro atoms. The largest absolute Gasteiger partial charge is 0.344 e. The molecule has 3 heterocycles. The van der Waals surface area contributed by atoms with Crippen LogP contribution in [0.15, 0.2) is 61.1 Å². The van der Waals surface area contributed by atoms with Gasteiger partial charge in [-0.15, -0.1) is 0 Å². The monoisotopic (exact) mass is 385 g/mol. The van der Waals surface area contributed by atoms with Crippen molar-refractivity contribution < 1.29 is 4.79 Å². The second-order valence-corrected chi connectivity index (χ2v) is 7.13. The van der Waals surface area contributed by atoms with Gasteiger partial charge >= 0.3 is 0 Å². The molecular weight excluding hydrogens is 362 g/mol. The Morgan fingerprint density at radius 3 is 2.55 bits per heavy atom. The molecule has 6 nitrogen and oxygen atoms in total. The van der Waals surface area contributed by atoms with Crippen molar-refractivity contribution in [2.45, 2.75) is 33.2 Å². The summed E-state index contributed by atoms with van der Waals surface area (Å²) in [5.41, 5.74) is 5.53. The van der Waals surface area contributed by atoms with E-state index in [-0.39, 0.29) is 11.9 Å². The maximum absolute atomic E-state index is 13.0. The topological polar surface area (TPSA) is 72.2 Å². The van der Waals surface area contributed by atoms with E-state index in [0.29, 0.717) is 11.3 Å². The van der Waals surface area contributed by atoms with Crippen molar-refractivity contribution in [3.63, 3.8) is 0 Å². The Bertz CT molecular complexity index is 1150. The molecule has 1 N–H and O–H groups in total. The maximum Gasteiger partial charge on any atom is 0.274 e. The fourth-order valence-corrected chi connectivity index (χ4v) is 3.37. The van der Waals surface area contributed by atoms with Crippen LogP contribution in [-0.4, -0.2) is 25.3 Å². The third-order valence-corrected chi connectivity index (χ3v) is 5.03. The van der Waals surface area contributed by atoms with Crippen molar-refractivity contribution >= 4 is 11.6 Å². The molecule has 0 aliphatic rings. The predicted octanol–water partition coefficient (Wildman–Crippen LogP) is 4.29. The molecular formula is C23H23N5O. The Morgan fingerprint density at radius 1 is 1.07 bits per heavy atom. The van der Waals surface area contributed by atoms with Gasteiger partial charge in [-0.05, 0) is 44.0 Å². The number of hydrogen-bond acceptors (Lipinski definition) is 4. The van der Waals surface area contributed by atoms with Crippen molar-refractivity contribution in [3.8, 4) is 11.4 Å². The number of carbonyl (C=O) groups is 1. The molecule has 0 aliphatic heterocycles. The van der Waals surface area contributed by atoms with E-state index < -0.39 is 0 Å². The lowest BCUT2D eigenvalue weighted by molar-refractivity contribution is 0.0932. The van der Waals surface area contributed by atoms with Crippen molar-refractivity contribution in [1.82, 2.24) is 24.7 Å². The minimum atomic E-state index is -0.231. The minimum Gasteiger partial charge on any atom is -0.344 e. The molecule has 4 rings (SSSR count). The Hall–Kier alpha value is -3.54. The van der Waals surface area contributed by atoms with E-state index in [1.807, 2.05) is 42.5 Å². The van der Waals surface area contributed by atoms with E-state index in [0.717, 1.165) is 29.1 Å². The predicted molar refractivity (Wildman–Crippen MR) is 113 cm³/mol. The first-order chi connectivity index (χ1) is 14.1. The summed E-state index contributed by atoms with van der Waals surface area (Å²) in [6.45, 7) is 6.07. The number of pyridine rings is 1. The second-order valence-electron chi connectivity index (χ2n) is 7.13. The number of nitrogens with zero attached hydrogens (tertiary/aromatic N) is 4. The van der Waals surface area contributed by atoms with Crippen molar-refractivity contribution in [2.75, 3.05) is 0 Å². The Labute approximate surface area is 169 Å². The zero-order chi connectivity index (χ0) is 20.4. The smallest absolute Gasteiger partial charge is 0.274 e. The molecule has 0 fully saturated rings. The van der Waals surface area contributed by atoms with Crippen LogP contribution in [0.4, 0.5) is 0 Å². The van der Waals surface area contributed by atoms with Crippen molar-refractivity contribution in [3.05, 3.63) is 83.6 Å². The van der Waals surface area contributed by atoms with E-state index >= 15 is 0 Å². The highest BCUT2D eigenvalue weighted by molar-refractivity contribution is 5.98. The fourth-order valence-electron chi connectivity index (χ4n) is 3.37. The van der Waals surface area contributed by atoms with Crippen LogP contribution in [0, 0.1) is 13.8 Å². The first-order valence-corrected chi connectivity index (χ1v) is 9.70. The van der Waals surface area contributed by atoms with Gasteiger partial charge in [-0.3, -0.25) is 14.2 Å². The summed E-state index contributed by atoms with van der Waals surface area (Å²) < 4.78 is 1.83. The summed E-state index contributed by atoms with van der Waals surface area (Å²) in [7, 11) is 0. The number of benzene rings is 1. The number of carbonyl (C=O) groups excluding carboxylic acids is 1. The quantitative estimate of drug-likeness (QED) is 0.556. The van der Waals surface area contributed by atoms with E-state index in [9.17, 15) is 4.79 Å². The normalized spacial score (nSPS) is 12.1. The van der Waals surface area contributed by atoms with Gasteiger partial charge in [0, 0.05) is 11.9 Å². The average Bonchev–Trinajstić information content (AvgIpc) is 3.18. The molecule has 3 aromatic heterocycles. The highest BCUT2D eigenvalue weighted by Gasteiger charge is 2.20. The summed E-state index contributed by atoms with van der Waals surface area (Å²) in [4.78, 5) is 26.5. The minimum absolute atomic E-state index is 0.0834. The summed E-state index contributed by atoms with van der Waals surface area (Å²) >= 11 is 0. The SMILES string of the molecule is CCC(NC(=O)c1ncn2c(C)cc(-c3ccccn3)nc12)c1ccc(C)cc1. The maximum atomic E-state index is 13.0. The average molecular weight is 385 g/mol. The number of aromatic nitrogens is 4. The van der Waals surface area contributed by atoms with Gasteiger partial charge in [-0.2, -0.15) is 0 Å². The van der Waals surface area contributed by atoms with E-state index in [4.69, 9.17) is 0 Å². The molecule has 0 radical (unpaired) electrons. The highest BCUT2D eigenvalue weighted by Crippen LogP contribution is 2.21. The number of hydrogen-bond donors (Lipinski definition) is 1. The zero-order valence-corrected chi connectivity index (χ0v) is 16.8. The van der Waals surface area contributed by atoms with Crippen LogP contribution in [0.5, 0.6) is 0 Å². The zero-order valence-electron chi connectivity index (χ0n) is 16.8. The molecule has 29 heavy (non-hydrogen) atoms. The van der Waals surface area contributed by atoms with Gasteiger partial charge in [0.1, 0.15) is 6.33 Å². The van der Waals surface area contributed by atoms with Crippen LogP contribution in [0.25, 0.3) is 17.0 Å². The lowest BCUT2D eigenvalue weighted by Crippen LogP contribution is -2.28.